The number of ketones is 1. The van der Waals surface area contributed by atoms with E-state index in [0.717, 1.165) is 11.3 Å². The lowest BCUT2D eigenvalue weighted by Gasteiger charge is -2.27. The highest BCUT2D eigenvalue weighted by Gasteiger charge is 2.44. The summed E-state index contributed by atoms with van der Waals surface area (Å²) in [6.07, 6.45) is 10.1. The molecule has 0 saturated carbocycles. The van der Waals surface area contributed by atoms with Gasteiger partial charge < -0.3 is 14.7 Å². The normalized spacial score (nSPS) is 21.3. The van der Waals surface area contributed by atoms with Gasteiger partial charge in [-0.05, 0) is 47.9 Å². The van der Waals surface area contributed by atoms with Crippen LogP contribution in [-0.4, -0.2) is 39.2 Å². The fourth-order valence-electron chi connectivity index (χ4n) is 4.60. The number of aryl methyl sites for hydroxylation is 1. The Kier molecular flexibility index (Phi) is 5.42. The van der Waals surface area contributed by atoms with Crippen LogP contribution >= 0.6 is 0 Å². The average molecular weight is 444 g/mol. The van der Waals surface area contributed by atoms with E-state index in [-0.39, 0.29) is 11.7 Å². The molecule has 0 spiro atoms. The Balaban J connectivity index is 1.51. The quantitative estimate of drug-likeness (QED) is 0.268. The third-order valence-corrected chi connectivity index (χ3v) is 6.13. The summed E-state index contributed by atoms with van der Waals surface area (Å²) in [6.45, 7) is 3.00. The van der Waals surface area contributed by atoms with Crippen molar-refractivity contribution in [1.82, 2.24) is 14.9 Å². The van der Waals surface area contributed by atoms with E-state index in [1.165, 1.54) is 4.90 Å². The number of hydrogen-bond donors (Lipinski definition) is 1. The first kappa shape index (κ1) is 20.9. The number of H-pyrrole nitrogens is 1. The van der Waals surface area contributed by atoms with Crippen molar-refractivity contribution in [3.63, 3.8) is 0 Å². The van der Waals surface area contributed by atoms with Gasteiger partial charge in [-0.15, -0.1) is 0 Å². The number of imidazole rings is 1. The monoisotopic (exact) mass is 444 g/mol. The van der Waals surface area contributed by atoms with Crippen LogP contribution in [0.3, 0.4) is 0 Å². The predicted molar refractivity (Wildman–Crippen MR) is 116 cm³/mol. The second-order valence-electron chi connectivity index (χ2n) is 8.41. The number of hydrogen-bond acceptors (Lipinski definition) is 5. The number of nitrogens with one attached hydrogen (secondary N) is 1. The minimum absolute atomic E-state index is 0.00703. The van der Waals surface area contributed by atoms with Crippen LogP contribution in [0.2, 0.25) is 0 Å². The molecule has 2 aliphatic rings. The van der Waals surface area contributed by atoms with Crippen LogP contribution in [0.5, 0.6) is 5.75 Å². The van der Waals surface area contributed by atoms with Crippen LogP contribution < -0.4 is 14.4 Å². The van der Waals surface area contributed by atoms with E-state index in [9.17, 15) is 14.7 Å². The molecule has 1 amide bonds. The predicted octanol–water partition coefficient (Wildman–Crippen LogP) is 1.33. The molecule has 4 heterocycles. The molecule has 8 nitrogen and oxygen atoms in total. The van der Waals surface area contributed by atoms with Crippen molar-refractivity contribution in [3.05, 3.63) is 83.7 Å². The zero-order valence-corrected chi connectivity index (χ0v) is 18.2. The van der Waals surface area contributed by atoms with E-state index in [1.807, 2.05) is 30.2 Å². The first-order valence-electron chi connectivity index (χ1n) is 11.0. The second-order valence-corrected chi connectivity index (χ2v) is 8.41. The first-order chi connectivity index (χ1) is 16.0. The fraction of sp³-hybridized carbons (Fsp3) is 0.280. The molecule has 2 atom stereocenters. The van der Waals surface area contributed by atoms with Gasteiger partial charge in [0.25, 0.3) is 5.91 Å². The van der Waals surface area contributed by atoms with E-state index >= 15 is 0 Å². The molecule has 0 aliphatic carbocycles. The Morgan fingerprint density at radius 2 is 2.09 bits per heavy atom. The number of Topliss-reactive ketones (excluding diaryl/α,β-unsaturated/α-hetero) is 1. The standard InChI is InChI=1S/C25H24N4O4/c1-16-13-19-14-18(3-4-20(19)33-16)23(30)21-22(17-5-7-26-8-6-17)29(25(32)24(21)31)11-2-10-28-12-9-27-15-28/h3-9,12,14-16,22H,2,10-11,13H2,1H3,(H,30,31). The molecule has 168 valence electrons. The summed E-state index contributed by atoms with van der Waals surface area (Å²) in [5, 5.41) is 13.6. The van der Waals surface area contributed by atoms with Gasteiger partial charge >= 0.3 is 0 Å². The van der Waals surface area contributed by atoms with Gasteiger partial charge in [-0.2, -0.15) is 0 Å². The molecule has 1 N–H and O–H groups in total. The SMILES string of the molecule is CC1Cc2cc(C([O-])=C3C(=O)C(=O)N(CCC[n+]4cc[nH]c4)C3c3ccncc3)ccc2O1. The summed E-state index contributed by atoms with van der Waals surface area (Å²) in [7, 11) is 0. The van der Waals surface area contributed by atoms with E-state index in [1.54, 1.807) is 42.7 Å². The number of carbonyl (C=O) groups is 2. The van der Waals surface area contributed by atoms with Gasteiger partial charge in [0.2, 0.25) is 12.1 Å². The number of fused-ring (bicyclic) bond motifs is 1. The van der Waals surface area contributed by atoms with E-state index in [4.69, 9.17) is 4.74 Å². The number of aromatic nitrogens is 3. The van der Waals surface area contributed by atoms with Crippen LogP contribution in [0.1, 0.15) is 36.1 Å². The number of rotatable bonds is 6. The highest BCUT2D eigenvalue weighted by atomic mass is 16.5. The van der Waals surface area contributed by atoms with Crippen molar-refractivity contribution in [1.29, 1.82) is 0 Å². The lowest BCUT2D eigenvalue weighted by atomic mass is 9.95. The maximum absolute atomic E-state index is 13.6. The number of likely N-dealkylation sites (tertiary alicyclic amines) is 1. The third-order valence-electron chi connectivity index (χ3n) is 6.13. The van der Waals surface area contributed by atoms with Gasteiger partial charge in [0.1, 0.15) is 24.2 Å². The van der Waals surface area contributed by atoms with Gasteiger partial charge in [-0.25, -0.2) is 4.57 Å². The van der Waals surface area contributed by atoms with Gasteiger partial charge in [0.05, 0.1) is 12.6 Å². The summed E-state index contributed by atoms with van der Waals surface area (Å²) < 4.78 is 7.69. The molecular weight excluding hydrogens is 420 g/mol. The summed E-state index contributed by atoms with van der Waals surface area (Å²) in [5.74, 6) is -1.04. The van der Waals surface area contributed by atoms with Crippen LogP contribution in [0.25, 0.3) is 5.76 Å². The highest BCUT2D eigenvalue weighted by Crippen LogP contribution is 2.39. The highest BCUT2D eigenvalue weighted by molar-refractivity contribution is 6.46. The Labute approximate surface area is 191 Å². The molecule has 2 unspecified atom stereocenters. The number of nitrogens with zero attached hydrogens (tertiary/aromatic N) is 3. The fourth-order valence-corrected chi connectivity index (χ4v) is 4.60. The Bertz CT molecular complexity index is 1220. The van der Waals surface area contributed by atoms with Crippen molar-refractivity contribution in [3.8, 4) is 5.75 Å². The zero-order chi connectivity index (χ0) is 22.9. The van der Waals surface area contributed by atoms with Crippen molar-refractivity contribution in [2.24, 2.45) is 0 Å². The Morgan fingerprint density at radius 1 is 1.27 bits per heavy atom. The minimum Gasteiger partial charge on any atom is -0.872 e. The average Bonchev–Trinajstić information content (AvgIpc) is 3.53. The summed E-state index contributed by atoms with van der Waals surface area (Å²) in [5.41, 5.74) is 2.02. The maximum atomic E-state index is 13.6. The number of ether oxygens (including phenoxy) is 1. The minimum atomic E-state index is -0.736. The number of carbonyl (C=O) groups excluding carboxylic acids is 2. The molecule has 1 saturated heterocycles. The van der Waals surface area contributed by atoms with Crippen LogP contribution in [-0.2, 0) is 22.6 Å². The lowest BCUT2D eigenvalue weighted by Crippen LogP contribution is -2.36. The zero-order valence-electron chi connectivity index (χ0n) is 18.2. The van der Waals surface area contributed by atoms with Crippen molar-refractivity contribution >= 4 is 17.4 Å². The number of benzene rings is 1. The molecule has 2 aromatic heterocycles. The van der Waals surface area contributed by atoms with Gasteiger partial charge in [-0.1, -0.05) is 11.8 Å². The molecule has 5 rings (SSSR count). The molecular formula is C25H24N4O4. The van der Waals surface area contributed by atoms with Crippen LogP contribution in [0.15, 0.2) is 67.0 Å². The lowest BCUT2D eigenvalue weighted by molar-refractivity contribution is -0.695. The molecule has 1 fully saturated rings. The number of aromatic amines is 1. The van der Waals surface area contributed by atoms with Crippen molar-refractivity contribution in [2.45, 2.75) is 38.5 Å². The van der Waals surface area contributed by atoms with E-state index < -0.39 is 23.5 Å². The molecule has 0 bridgehead atoms. The van der Waals surface area contributed by atoms with Crippen LogP contribution in [0.4, 0.5) is 0 Å². The maximum Gasteiger partial charge on any atom is 0.295 e. The summed E-state index contributed by atoms with van der Waals surface area (Å²) in [4.78, 5) is 34.6. The van der Waals surface area contributed by atoms with Crippen molar-refractivity contribution < 1.29 is 24.0 Å². The second kappa shape index (κ2) is 8.54. The largest absolute Gasteiger partial charge is 0.872 e. The van der Waals surface area contributed by atoms with Crippen molar-refractivity contribution in [2.75, 3.05) is 6.54 Å². The molecule has 1 aromatic carbocycles. The molecule has 8 heteroatoms. The summed E-state index contributed by atoms with van der Waals surface area (Å²) >= 11 is 0. The van der Waals surface area contributed by atoms with Gasteiger partial charge in [0, 0.05) is 37.4 Å². The smallest absolute Gasteiger partial charge is 0.295 e. The molecule has 0 radical (unpaired) electrons. The first-order valence-corrected chi connectivity index (χ1v) is 11.0. The topological polar surface area (TPSA) is 102 Å². The molecule has 33 heavy (non-hydrogen) atoms. The number of amides is 1. The van der Waals surface area contributed by atoms with E-state index in [2.05, 4.69) is 9.97 Å². The summed E-state index contributed by atoms with van der Waals surface area (Å²) in [6, 6.07) is 7.97. The number of pyridine rings is 1. The molecule has 3 aromatic rings. The van der Waals surface area contributed by atoms with E-state index in [0.29, 0.717) is 37.1 Å². The Hall–Kier alpha value is -3.94. The Morgan fingerprint density at radius 3 is 2.85 bits per heavy atom. The van der Waals surface area contributed by atoms with Gasteiger partial charge in [-0.3, -0.25) is 19.6 Å². The molecule has 2 aliphatic heterocycles. The van der Waals surface area contributed by atoms with Gasteiger partial charge in [0.15, 0.2) is 0 Å². The van der Waals surface area contributed by atoms with Crippen LogP contribution in [0, 0.1) is 0 Å². The third kappa shape index (κ3) is 3.88.